The number of thioether (sulfide) groups is 1. The van der Waals surface area contributed by atoms with Gasteiger partial charge in [-0.05, 0) is 42.5 Å². The monoisotopic (exact) mass is 444 g/mol. The lowest BCUT2D eigenvalue weighted by molar-refractivity contribution is -0.138. The number of nitrogens with zero attached hydrogens (tertiary/aromatic N) is 1. The Morgan fingerprint density at radius 2 is 1.74 bits per heavy atom. The molecule has 2 aromatic carbocycles. The number of benzene rings is 2. The highest BCUT2D eigenvalue weighted by molar-refractivity contribution is 7.99. The summed E-state index contributed by atoms with van der Waals surface area (Å²) < 4.78 is 13.1. The smallest absolute Gasteiger partial charge is 0.242 e. The van der Waals surface area contributed by atoms with Gasteiger partial charge >= 0.3 is 0 Å². The average molecular weight is 445 g/mol. The molecule has 0 aromatic heterocycles. The van der Waals surface area contributed by atoms with Gasteiger partial charge in [-0.2, -0.15) is 0 Å². The number of rotatable bonds is 13. The molecule has 2 rings (SSSR count). The van der Waals surface area contributed by atoms with Crippen molar-refractivity contribution < 1.29 is 14.0 Å². The molecule has 0 fully saturated rings. The Balaban J connectivity index is 2.02. The summed E-state index contributed by atoms with van der Waals surface area (Å²) in [4.78, 5) is 27.6. The number of hydrogen-bond acceptors (Lipinski definition) is 3. The van der Waals surface area contributed by atoms with Crippen LogP contribution in [0.15, 0.2) is 54.6 Å². The fourth-order valence-corrected chi connectivity index (χ4v) is 4.19. The molecule has 2 aromatic rings. The molecule has 0 saturated heterocycles. The molecule has 0 aliphatic rings. The maximum Gasteiger partial charge on any atom is 0.242 e. The predicted octanol–water partition coefficient (Wildman–Crippen LogP) is 4.83. The Kier molecular flexibility index (Phi) is 11.1. The first kappa shape index (κ1) is 24.9. The van der Waals surface area contributed by atoms with Gasteiger partial charge in [0, 0.05) is 18.8 Å². The second-order valence-corrected chi connectivity index (χ2v) is 8.50. The lowest BCUT2D eigenvalue weighted by Crippen LogP contribution is -2.50. The maximum absolute atomic E-state index is 13.1. The molecule has 0 bridgehead atoms. The van der Waals surface area contributed by atoms with Gasteiger partial charge in [-0.25, -0.2) is 4.39 Å². The topological polar surface area (TPSA) is 49.4 Å². The molecular formula is C25H33FN2O2S. The maximum atomic E-state index is 13.1. The van der Waals surface area contributed by atoms with Crippen LogP contribution in [0.1, 0.15) is 44.2 Å². The lowest BCUT2D eigenvalue weighted by Gasteiger charge is -2.30. The highest BCUT2D eigenvalue weighted by Crippen LogP contribution is 2.16. The Bertz CT molecular complexity index is 799. The van der Waals surface area contributed by atoms with E-state index >= 15 is 0 Å². The van der Waals surface area contributed by atoms with E-state index in [1.807, 2.05) is 37.3 Å². The van der Waals surface area contributed by atoms with Crippen LogP contribution in [0.4, 0.5) is 4.39 Å². The third kappa shape index (κ3) is 8.74. The van der Waals surface area contributed by atoms with Gasteiger partial charge in [-0.15, -0.1) is 11.8 Å². The number of hydrogen-bond donors (Lipinski definition) is 1. The van der Waals surface area contributed by atoms with E-state index in [2.05, 4.69) is 12.2 Å². The van der Waals surface area contributed by atoms with E-state index < -0.39 is 6.04 Å². The Labute approximate surface area is 189 Å². The van der Waals surface area contributed by atoms with Gasteiger partial charge in [0.25, 0.3) is 0 Å². The molecular weight excluding hydrogens is 411 g/mol. The van der Waals surface area contributed by atoms with E-state index in [4.69, 9.17) is 0 Å². The normalized spacial score (nSPS) is 11.7. The molecule has 0 heterocycles. The van der Waals surface area contributed by atoms with Gasteiger partial charge in [0.2, 0.25) is 11.8 Å². The number of carbonyl (C=O) groups excluding carboxylic acids is 2. The number of amides is 2. The molecule has 4 nitrogen and oxygen atoms in total. The zero-order valence-electron chi connectivity index (χ0n) is 18.5. The molecule has 0 spiro atoms. The molecule has 0 aliphatic carbocycles. The number of carbonyl (C=O) groups is 2. The van der Waals surface area contributed by atoms with Gasteiger partial charge in [0.15, 0.2) is 0 Å². The van der Waals surface area contributed by atoms with E-state index in [9.17, 15) is 14.0 Å². The molecule has 168 valence electrons. The minimum absolute atomic E-state index is 0.0412. The van der Waals surface area contributed by atoms with Crippen molar-refractivity contribution in [3.05, 3.63) is 71.5 Å². The van der Waals surface area contributed by atoms with Crippen LogP contribution in [0, 0.1) is 5.82 Å². The van der Waals surface area contributed by atoms with Crippen molar-refractivity contribution in [3.8, 4) is 0 Å². The fourth-order valence-electron chi connectivity index (χ4n) is 3.32. The molecule has 0 aliphatic heterocycles. The number of unbranched alkanes of at least 4 members (excludes halogenated alkanes) is 1. The molecule has 2 amide bonds. The van der Waals surface area contributed by atoms with Crippen LogP contribution in [0.25, 0.3) is 0 Å². The van der Waals surface area contributed by atoms with Crippen LogP contribution in [0.5, 0.6) is 0 Å². The van der Waals surface area contributed by atoms with E-state index in [1.54, 1.807) is 17.0 Å². The van der Waals surface area contributed by atoms with Crippen LogP contribution in [-0.2, 0) is 21.8 Å². The highest BCUT2D eigenvalue weighted by Gasteiger charge is 2.27. The highest BCUT2D eigenvalue weighted by atomic mass is 32.2. The summed E-state index contributed by atoms with van der Waals surface area (Å²) in [5, 5.41) is 2.98. The quantitative estimate of drug-likeness (QED) is 0.451. The Hall–Kier alpha value is -2.34. The first-order chi connectivity index (χ1) is 15.0. The van der Waals surface area contributed by atoms with E-state index in [1.165, 1.54) is 23.9 Å². The van der Waals surface area contributed by atoms with Crippen LogP contribution in [0.3, 0.4) is 0 Å². The summed E-state index contributed by atoms with van der Waals surface area (Å²) in [6, 6.07) is 15.8. The van der Waals surface area contributed by atoms with Gasteiger partial charge in [0.05, 0.1) is 5.75 Å². The van der Waals surface area contributed by atoms with Gasteiger partial charge < -0.3 is 10.2 Å². The predicted molar refractivity (Wildman–Crippen MR) is 126 cm³/mol. The Morgan fingerprint density at radius 1 is 1.03 bits per heavy atom. The van der Waals surface area contributed by atoms with Crippen molar-refractivity contribution in [2.24, 2.45) is 0 Å². The zero-order chi connectivity index (χ0) is 22.5. The van der Waals surface area contributed by atoms with Gasteiger partial charge in [0.1, 0.15) is 11.9 Å². The molecule has 1 N–H and O–H groups in total. The van der Waals surface area contributed by atoms with Crippen molar-refractivity contribution in [1.82, 2.24) is 10.2 Å². The SMILES string of the molecule is CCCCNC(=O)[C@@H](CC)N(CCc1ccccc1)C(=O)CSCc1ccc(F)cc1. The summed E-state index contributed by atoms with van der Waals surface area (Å²) in [6.45, 7) is 5.15. The van der Waals surface area contributed by atoms with E-state index in [0.717, 1.165) is 24.0 Å². The minimum Gasteiger partial charge on any atom is -0.354 e. The lowest BCUT2D eigenvalue weighted by atomic mass is 10.1. The molecule has 0 radical (unpaired) electrons. The molecule has 31 heavy (non-hydrogen) atoms. The minimum atomic E-state index is -0.473. The number of nitrogens with one attached hydrogen (secondary N) is 1. The first-order valence-electron chi connectivity index (χ1n) is 11.0. The number of halogens is 1. The second-order valence-electron chi connectivity index (χ2n) is 7.51. The van der Waals surface area contributed by atoms with Crippen LogP contribution < -0.4 is 5.32 Å². The van der Waals surface area contributed by atoms with Crippen molar-refractivity contribution in [2.75, 3.05) is 18.8 Å². The van der Waals surface area contributed by atoms with Crippen molar-refractivity contribution >= 4 is 23.6 Å². The standard InChI is InChI=1S/C25H33FN2O2S/c1-3-5-16-27-25(30)23(4-2)28(17-15-20-9-7-6-8-10-20)24(29)19-31-18-21-11-13-22(26)14-12-21/h6-14,23H,3-5,15-19H2,1-2H3,(H,27,30)/t23-/m1/s1. The van der Waals surface area contributed by atoms with Crippen molar-refractivity contribution in [1.29, 1.82) is 0 Å². The van der Waals surface area contributed by atoms with Crippen LogP contribution >= 0.6 is 11.8 Å². The zero-order valence-corrected chi connectivity index (χ0v) is 19.3. The van der Waals surface area contributed by atoms with Gasteiger partial charge in [-0.3, -0.25) is 9.59 Å². The fraction of sp³-hybridized carbons (Fsp3) is 0.440. The largest absolute Gasteiger partial charge is 0.354 e. The van der Waals surface area contributed by atoms with Crippen LogP contribution in [0.2, 0.25) is 0 Å². The molecule has 6 heteroatoms. The third-order valence-electron chi connectivity index (χ3n) is 5.11. The summed E-state index contributed by atoms with van der Waals surface area (Å²) in [7, 11) is 0. The van der Waals surface area contributed by atoms with E-state index in [-0.39, 0.29) is 23.4 Å². The summed E-state index contributed by atoms with van der Waals surface area (Å²) in [5.74, 6) is 0.515. The van der Waals surface area contributed by atoms with E-state index in [0.29, 0.717) is 31.7 Å². The molecule has 0 unspecified atom stereocenters. The van der Waals surface area contributed by atoms with Crippen LogP contribution in [-0.4, -0.2) is 41.6 Å². The van der Waals surface area contributed by atoms with Crippen molar-refractivity contribution in [2.45, 2.75) is 51.3 Å². The van der Waals surface area contributed by atoms with Gasteiger partial charge in [-0.1, -0.05) is 62.7 Å². The van der Waals surface area contributed by atoms with Crippen molar-refractivity contribution in [3.63, 3.8) is 0 Å². The summed E-state index contributed by atoms with van der Waals surface area (Å²) >= 11 is 1.49. The summed E-state index contributed by atoms with van der Waals surface area (Å²) in [5.41, 5.74) is 2.11. The Morgan fingerprint density at radius 3 is 2.39 bits per heavy atom. The average Bonchev–Trinajstić information content (AvgIpc) is 2.78. The molecule has 1 atom stereocenters. The second kappa shape index (κ2) is 13.9. The third-order valence-corrected chi connectivity index (χ3v) is 6.10. The molecule has 0 saturated carbocycles. The first-order valence-corrected chi connectivity index (χ1v) is 12.1. The summed E-state index contributed by atoms with van der Waals surface area (Å²) in [6.07, 6.45) is 3.20.